The number of halogens is 2. The number of nitrogens with one attached hydrogen (secondary N) is 1. The third kappa shape index (κ3) is 2.13. The van der Waals surface area contributed by atoms with Gasteiger partial charge in [-0.3, -0.25) is 4.79 Å². The zero-order valence-corrected chi connectivity index (χ0v) is 11.7. The number of aromatic amines is 1. The maximum Gasteiger partial charge on any atom is 0.249 e. The summed E-state index contributed by atoms with van der Waals surface area (Å²) in [5.74, 6) is 0.259. The smallest absolute Gasteiger partial charge is 0.249 e. The summed E-state index contributed by atoms with van der Waals surface area (Å²) in [6.45, 7) is 0. The van der Waals surface area contributed by atoms with Crippen molar-refractivity contribution in [2.24, 2.45) is 0 Å². The lowest BCUT2D eigenvalue weighted by Crippen LogP contribution is -2.05. The highest BCUT2D eigenvalue weighted by Crippen LogP contribution is 2.37. The van der Waals surface area contributed by atoms with E-state index in [1.165, 1.54) is 6.07 Å². The molecule has 0 radical (unpaired) electrons. The molecule has 2 aromatic heterocycles. The molecule has 4 nitrogen and oxygen atoms in total. The predicted octanol–water partition coefficient (Wildman–Crippen LogP) is 3.48. The van der Waals surface area contributed by atoms with Gasteiger partial charge in [0.05, 0.1) is 10.0 Å². The van der Waals surface area contributed by atoms with Crippen molar-refractivity contribution < 1.29 is 0 Å². The van der Waals surface area contributed by atoms with Crippen molar-refractivity contribution in [2.45, 2.75) is 0 Å². The lowest BCUT2D eigenvalue weighted by Gasteiger charge is -2.10. The fourth-order valence-electron chi connectivity index (χ4n) is 2.05. The molecule has 3 aromatic rings. The number of nitrogens with zero attached hydrogens (tertiary/aromatic N) is 1. The van der Waals surface area contributed by atoms with E-state index >= 15 is 0 Å². The molecule has 0 saturated carbocycles. The number of H-pyrrole nitrogens is 1. The van der Waals surface area contributed by atoms with Crippen LogP contribution in [0.4, 0.5) is 5.82 Å². The van der Waals surface area contributed by atoms with Crippen LogP contribution in [-0.2, 0) is 0 Å². The number of nitrogen functional groups attached to an aromatic ring is 1. The molecule has 3 N–H and O–H groups in total. The van der Waals surface area contributed by atoms with Gasteiger partial charge in [0.15, 0.2) is 0 Å². The number of hydrogen-bond donors (Lipinski definition) is 2. The third-order valence-corrected chi connectivity index (χ3v) is 3.60. The summed E-state index contributed by atoms with van der Waals surface area (Å²) in [6, 6.07) is 10.1. The summed E-state index contributed by atoms with van der Waals surface area (Å²) in [4.78, 5) is 18.1. The van der Waals surface area contributed by atoms with Gasteiger partial charge in [-0.1, -0.05) is 29.3 Å². The molecule has 2 heterocycles. The molecule has 3 rings (SSSR count). The first-order valence-corrected chi connectivity index (χ1v) is 6.56. The van der Waals surface area contributed by atoms with Crippen LogP contribution in [0.5, 0.6) is 0 Å². The topological polar surface area (TPSA) is 71.8 Å². The Bertz CT molecular complexity index is 854. The number of benzene rings is 1. The van der Waals surface area contributed by atoms with Crippen LogP contribution in [0.3, 0.4) is 0 Å². The minimum atomic E-state index is -0.229. The summed E-state index contributed by atoms with van der Waals surface area (Å²) in [7, 11) is 0. The van der Waals surface area contributed by atoms with E-state index in [0.29, 0.717) is 26.8 Å². The zero-order chi connectivity index (χ0) is 14.3. The van der Waals surface area contributed by atoms with E-state index in [-0.39, 0.29) is 11.4 Å². The van der Waals surface area contributed by atoms with Crippen LogP contribution in [0, 0.1) is 0 Å². The van der Waals surface area contributed by atoms with E-state index in [9.17, 15) is 4.79 Å². The van der Waals surface area contributed by atoms with E-state index in [1.807, 2.05) is 0 Å². The summed E-state index contributed by atoms with van der Waals surface area (Å²) in [5, 5.41) is 1.74. The number of pyridine rings is 2. The number of anilines is 1. The minimum absolute atomic E-state index is 0.229. The van der Waals surface area contributed by atoms with Crippen molar-refractivity contribution in [1.82, 2.24) is 9.97 Å². The van der Waals surface area contributed by atoms with Gasteiger partial charge in [-0.05, 0) is 24.3 Å². The Labute approximate surface area is 124 Å². The Kier molecular flexibility index (Phi) is 3.12. The first-order chi connectivity index (χ1) is 9.56. The van der Waals surface area contributed by atoms with Crippen LogP contribution in [0.15, 0.2) is 41.2 Å². The largest absolute Gasteiger partial charge is 0.383 e. The van der Waals surface area contributed by atoms with E-state index < -0.39 is 0 Å². The lowest BCUT2D eigenvalue weighted by molar-refractivity contribution is 1.24. The van der Waals surface area contributed by atoms with Crippen LogP contribution >= 0.6 is 23.2 Å². The van der Waals surface area contributed by atoms with Crippen LogP contribution in [0.2, 0.25) is 10.0 Å². The SMILES string of the molecule is Nc1nc2[nH]c(=O)ccc2cc1-c1c(Cl)cccc1Cl. The van der Waals surface area contributed by atoms with Crippen molar-refractivity contribution in [3.05, 3.63) is 56.8 Å². The van der Waals surface area contributed by atoms with Gasteiger partial charge in [0.2, 0.25) is 5.56 Å². The maximum atomic E-state index is 11.3. The van der Waals surface area contributed by atoms with Gasteiger partial charge in [-0.15, -0.1) is 0 Å². The second-order valence-electron chi connectivity index (χ2n) is 4.28. The number of hydrogen-bond acceptors (Lipinski definition) is 3. The van der Waals surface area contributed by atoms with Crippen molar-refractivity contribution in [3.8, 4) is 11.1 Å². The molecule has 0 aliphatic rings. The summed E-state index contributed by atoms with van der Waals surface area (Å²) in [5.41, 5.74) is 7.43. The maximum absolute atomic E-state index is 11.3. The third-order valence-electron chi connectivity index (χ3n) is 2.97. The fourth-order valence-corrected chi connectivity index (χ4v) is 2.65. The van der Waals surface area contributed by atoms with E-state index in [4.69, 9.17) is 28.9 Å². The highest BCUT2D eigenvalue weighted by Gasteiger charge is 2.13. The molecular weight excluding hydrogens is 297 g/mol. The van der Waals surface area contributed by atoms with Gasteiger partial charge in [-0.2, -0.15) is 0 Å². The van der Waals surface area contributed by atoms with Crippen LogP contribution in [-0.4, -0.2) is 9.97 Å². The quantitative estimate of drug-likeness (QED) is 0.723. The molecular formula is C14H9Cl2N3O. The van der Waals surface area contributed by atoms with Gasteiger partial charge in [-0.25, -0.2) is 4.98 Å². The first-order valence-electron chi connectivity index (χ1n) is 5.80. The normalized spacial score (nSPS) is 10.9. The second-order valence-corrected chi connectivity index (χ2v) is 5.09. The van der Waals surface area contributed by atoms with Crippen molar-refractivity contribution in [2.75, 3.05) is 5.73 Å². The van der Waals surface area contributed by atoms with Crippen molar-refractivity contribution >= 4 is 40.1 Å². The van der Waals surface area contributed by atoms with Crippen LogP contribution in [0.25, 0.3) is 22.2 Å². The molecule has 0 amide bonds. The molecule has 20 heavy (non-hydrogen) atoms. The molecule has 0 bridgehead atoms. The Hall–Kier alpha value is -2.04. The average Bonchev–Trinajstić information content (AvgIpc) is 2.39. The number of aromatic nitrogens is 2. The van der Waals surface area contributed by atoms with E-state index in [0.717, 1.165) is 5.39 Å². The van der Waals surface area contributed by atoms with Crippen LogP contribution < -0.4 is 11.3 Å². The van der Waals surface area contributed by atoms with E-state index in [2.05, 4.69) is 9.97 Å². The van der Waals surface area contributed by atoms with E-state index in [1.54, 1.807) is 30.3 Å². The summed E-state index contributed by atoms with van der Waals surface area (Å²) >= 11 is 12.4. The summed E-state index contributed by atoms with van der Waals surface area (Å²) in [6.07, 6.45) is 0. The van der Waals surface area contributed by atoms with Gasteiger partial charge in [0, 0.05) is 22.6 Å². The average molecular weight is 306 g/mol. The molecule has 0 unspecified atom stereocenters. The Morgan fingerprint density at radius 3 is 2.50 bits per heavy atom. The number of rotatable bonds is 1. The van der Waals surface area contributed by atoms with Gasteiger partial charge >= 0.3 is 0 Å². The molecule has 0 fully saturated rings. The highest BCUT2D eigenvalue weighted by atomic mass is 35.5. The second kappa shape index (κ2) is 4.81. The van der Waals surface area contributed by atoms with Gasteiger partial charge in [0.1, 0.15) is 11.5 Å². The molecule has 6 heteroatoms. The van der Waals surface area contributed by atoms with Crippen LogP contribution in [0.1, 0.15) is 0 Å². The standard InChI is InChI=1S/C14H9Cl2N3O/c15-9-2-1-3-10(16)12(9)8-6-7-4-5-11(20)18-14(7)19-13(8)17/h1-6H,(H3,17,18,19,20). The monoisotopic (exact) mass is 305 g/mol. The minimum Gasteiger partial charge on any atom is -0.383 e. The Morgan fingerprint density at radius 1 is 1.10 bits per heavy atom. The lowest BCUT2D eigenvalue weighted by atomic mass is 10.0. The van der Waals surface area contributed by atoms with Gasteiger partial charge < -0.3 is 10.7 Å². The van der Waals surface area contributed by atoms with Crippen molar-refractivity contribution in [3.63, 3.8) is 0 Å². The fraction of sp³-hybridized carbons (Fsp3) is 0. The number of nitrogens with two attached hydrogens (primary N) is 1. The molecule has 0 aliphatic carbocycles. The molecule has 0 aliphatic heterocycles. The van der Waals surface area contributed by atoms with Gasteiger partial charge in [0.25, 0.3) is 0 Å². The van der Waals surface area contributed by atoms with Crippen molar-refractivity contribution in [1.29, 1.82) is 0 Å². The number of fused-ring (bicyclic) bond motifs is 1. The molecule has 0 atom stereocenters. The zero-order valence-electron chi connectivity index (χ0n) is 10.2. The Balaban J connectivity index is 2.34. The molecule has 0 spiro atoms. The highest BCUT2D eigenvalue weighted by molar-refractivity contribution is 6.39. The first kappa shape index (κ1) is 13.0. The Morgan fingerprint density at radius 2 is 1.80 bits per heavy atom. The summed E-state index contributed by atoms with van der Waals surface area (Å²) < 4.78 is 0. The molecule has 100 valence electrons. The molecule has 0 saturated heterocycles. The molecule has 1 aromatic carbocycles. The predicted molar refractivity (Wildman–Crippen MR) is 82.2 cm³/mol.